The van der Waals surface area contributed by atoms with Gasteiger partial charge in [-0.3, -0.25) is 4.90 Å². The summed E-state index contributed by atoms with van der Waals surface area (Å²) in [5.74, 6) is 0.604. The van der Waals surface area contributed by atoms with Crippen molar-refractivity contribution in [2.24, 2.45) is 5.92 Å². The molecule has 2 aromatic carbocycles. The first kappa shape index (κ1) is 19.8. The van der Waals surface area contributed by atoms with Gasteiger partial charge in [-0.2, -0.15) is 0 Å². The summed E-state index contributed by atoms with van der Waals surface area (Å²) >= 11 is 0. The lowest BCUT2D eigenvalue weighted by Gasteiger charge is -2.26. The Morgan fingerprint density at radius 3 is 2.11 bits per heavy atom. The number of rotatable bonds is 10. The van der Waals surface area contributed by atoms with E-state index in [1.165, 1.54) is 17.5 Å². The fourth-order valence-electron chi connectivity index (χ4n) is 3.60. The van der Waals surface area contributed by atoms with E-state index in [9.17, 15) is 5.11 Å². The van der Waals surface area contributed by atoms with E-state index < -0.39 is 6.10 Å². The van der Waals surface area contributed by atoms with Crippen LogP contribution in [0.2, 0.25) is 0 Å². The fourth-order valence-corrected chi connectivity index (χ4v) is 3.60. The minimum atomic E-state index is -0.475. The van der Waals surface area contributed by atoms with Crippen LogP contribution in [-0.4, -0.2) is 35.9 Å². The van der Waals surface area contributed by atoms with Crippen LogP contribution < -0.4 is 0 Å². The van der Waals surface area contributed by atoms with Crippen molar-refractivity contribution >= 4 is 0 Å². The first-order valence-electron chi connectivity index (χ1n) is 10.0. The van der Waals surface area contributed by atoms with Gasteiger partial charge in [0, 0.05) is 26.2 Å². The van der Waals surface area contributed by atoms with Crippen molar-refractivity contribution in [1.82, 2.24) is 4.90 Å². The Balaban J connectivity index is 1.50. The number of ether oxygens (including phenoxy) is 1. The zero-order chi connectivity index (χ0) is 18.7. The summed E-state index contributed by atoms with van der Waals surface area (Å²) in [4.78, 5) is 2.29. The number of aliphatic hydroxyl groups is 1. The van der Waals surface area contributed by atoms with Gasteiger partial charge in [0.15, 0.2) is 0 Å². The van der Waals surface area contributed by atoms with Crippen molar-refractivity contribution in [3.63, 3.8) is 0 Å². The van der Waals surface area contributed by atoms with Crippen LogP contribution in [0.25, 0.3) is 0 Å². The highest BCUT2D eigenvalue weighted by molar-refractivity contribution is 5.17. The molecule has 3 heteroatoms. The van der Waals surface area contributed by atoms with E-state index >= 15 is 0 Å². The van der Waals surface area contributed by atoms with Crippen LogP contribution in [-0.2, 0) is 17.8 Å². The molecule has 3 rings (SSSR count). The Labute approximate surface area is 163 Å². The van der Waals surface area contributed by atoms with Crippen LogP contribution in [0.15, 0.2) is 72.8 Å². The smallest absolute Gasteiger partial charge is 0.0900 e. The average Bonchev–Trinajstić information content (AvgIpc) is 2.70. The Hall–Kier alpha value is -1.94. The molecule has 0 fully saturated rings. The Morgan fingerprint density at radius 2 is 1.56 bits per heavy atom. The molecule has 0 heterocycles. The number of benzene rings is 2. The molecular weight excluding hydrogens is 334 g/mol. The van der Waals surface area contributed by atoms with E-state index in [0.717, 1.165) is 32.5 Å². The summed E-state index contributed by atoms with van der Waals surface area (Å²) in [6.07, 6.45) is 7.46. The van der Waals surface area contributed by atoms with E-state index in [1.54, 1.807) is 0 Å². The van der Waals surface area contributed by atoms with E-state index in [2.05, 4.69) is 65.6 Å². The maximum atomic E-state index is 10.5. The van der Waals surface area contributed by atoms with Gasteiger partial charge in [0.05, 0.1) is 12.7 Å². The quantitative estimate of drug-likeness (QED) is 0.633. The van der Waals surface area contributed by atoms with Gasteiger partial charge in [0.25, 0.3) is 0 Å². The molecule has 27 heavy (non-hydrogen) atoms. The Bertz CT molecular complexity index is 630. The van der Waals surface area contributed by atoms with E-state index in [0.29, 0.717) is 19.1 Å². The summed E-state index contributed by atoms with van der Waals surface area (Å²) in [6.45, 7) is 3.40. The molecule has 1 N–H and O–H groups in total. The topological polar surface area (TPSA) is 32.7 Å². The lowest BCUT2D eigenvalue weighted by molar-refractivity contribution is 0.00114. The summed E-state index contributed by atoms with van der Waals surface area (Å²) in [5, 5.41) is 10.5. The Morgan fingerprint density at radius 1 is 0.926 bits per heavy atom. The Kier molecular flexibility index (Phi) is 8.09. The molecular formula is C24H31NO2. The highest BCUT2D eigenvalue weighted by Crippen LogP contribution is 2.18. The van der Waals surface area contributed by atoms with E-state index in [1.807, 2.05) is 12.1 Å². The molecule has 3 nitrogen and oxygen atoms in total. The third-order valence-electron chi connectivity index (χ3n) is 5.01. The predicted octanol–water partition coefficient (Wildman–Crippen LogP) is 4.42. The van der Waals surface area contributed by atoms with Gasteiger partial charge in [0.1, 0.15) is 0 Å². The molecule has 1 aliphatic carbocycles. The molecule has 2 atom stereocenters. The molecule has 144 valence electrons. The van der Waals surface area contributed by atoms with Crippen LogP contribution in [0.5, 0.6) is 0 Å². The minimum absolute atomic E-state index is 0.403. The number of aliphatic hydroxyl groups excluding tert-OH is 1. The summed E-state index contributed by atoms with van der Waals surface area (Å²) < 4.78 is 5.83. The molecule has 0 spiro atoms. The van der Waals surface area contributed by atoms with Crippen LogP contribution in [0.4, 0.5) is 0 Å². The van der Waals surface area contributed by atoms with Crippen molar-refractivity contribution in [2.75, 3.05) is 19.8 Å². The zero-order valence-corrected chi connectivity index (χ0v) is 16.0. The number of hydrogen-bond acceptors (Lipinski definition) is 3. The molecule has 0 amide bonds. The fraction of sp³-hybridized carbons (Fsp3) is 0.417. The second kappa shape index (κ2) is 11.0. The molecule has 0 saturated carbocycles. The van der Waals surface area contributed by atoms with Gasteiger partial charge in [-0.1, -0.05) is 72.8 Å². The summed E-state index contributed by atoms with van der Waals surface area (Å²) in [5.41, 5.74) is 2.52. The van der Waals surface area contributed by atoms with Crippen molar-refractivity contribution in [1.29, 1.82) is 0 Å². The van der Waals surface area contributed by atoms with Gasteiger partial charge in [-0.05, 0) is 36.3 Å². The van der Waals surface area contributed by atoms with Crippen molar-refractivity contribution in [2.45, 2.75) is 38.5 Å². The van der Waals surface area contributed by atoms with Gasteiger partial charge < -0.3 is 9.84 Å². The minimum Gasteiger partial charge on any atom is -0.389 e. The van der Waals surface area contributed by atoms with Crippen LogP contribution >= 0.6 is 0 Å². The zero-order valence-electron chi connectivity index (χ0n) is 16.0. The highest BCUT2D eigenvalue weighted by Gasteiger charge is 2.15. The number of hydrogen-bond donors (Lipinski definition) is 1. The molecule has 2 unspecified atom stereocenters. The second-order valence-electron chi connectivity index (χ2n) is 7.48. The molecule has 2 aromatic rings. The maximum Gasteiger partial charge on any atom is 0.0900 e. The normalized spacial score (nSPS) is 17.9. The largest absolute Gasteiger partial charge is 0.389 e. The lowest BCUT2D eigenvalue weighted by Crippen LogP contribution is -2.34. The first-order chi connectivity index (χ1) is 13.3. The van der Waals surface area contributed by atoms with Crippen LogP contribution in [0, 0.1) is 5.92 Å². The van der Waals surface area contributed by atoms with Crippen molar-refractivity contribution in [3.8, 4) is 0 Å². The van der Waals surface area contributed by atoms with Gasteiger partial charge >= 0.3 is 0 Å². The third kappa shape index (κ3) is 7.30. The standard InChI is InChI=1S/C24H31NO2/c26-24(20-27-19-23-14-8-3-9-15-23)18-25(16-21-10-4-1-5-11-21)17-22-12-6-2-7-13-22/h1-8,10-13,23-24,26H,9,14-20H2. The first-order valence-corrected chi connectivity index (χ1v) is 10.0. The predicted molar refractivity (Wildman–Crippen MR) is 110 cm³/mol. The van der Waals surface area contributed by atoms with E-state index in [-0.39, 0.29) is 0 Å². The lowest BCUT2D eigenvalue weighted by atomic mass is 9.95. The van der Waals surface area contributed by atoms with Crippen molar-refractivity contribution < 1.29 is 9.84 Å². The molecule has 0 aliphatic heterocycles. The van der Waals surface area contributed by atoms with Gasteiger partial charge in [0.2, 0.25) is 0 Å². The maximum absolute atomic E-state index is 10.5. The highest BCUT2D eigenvalue weighted by atomic mass is 16.5. The second-order valence-corrected chi connectivity index (χ2v) is 7.48. The van der Waals surface area contributed by atoms with Crippen LogP contribution in [0.3, 0.4) is 0 Å². The summed E-state index contributed by atoms with van der Waals surface area (Å²) in [7, 11) is 0. The molecule has 0 saturated heterocycles. The molecule has 0 aromatic heterocycles. The summed E-state index contributed by atoms with van der Waals surface area (Å²) in [6, 6.07) is 20.9. The molecule has 1 aliphatic rings. The number of allylic oxidation sites excluding steroid dienone is 2. The van der Waals surface area contributed by atoms with Gasteiger partial charge in [-0.15, -0.1) is 0 Å². The molecule has 0 bridgehead atoms. The average molecular weight is 366 g/mol. The SMILES string of the molecule is OC(COCC1CC=CCC1)CN(Cc1ccccc1)Cc1ccccc1. The van der Waals surface area contributed by atoms with Gasteiger partial charge in [-0.25, -0.2) is 0 Å². The van der Waals surface area contributed by atoms with Crippen LogP contribution in [0.1, 0.15) is 30.4 Å². The third-order valence-corrected chi connectivity index (χ3v) is 5.01. The molecule has 0 radical (unpaired) electrons. The number of nitrogens with zero attached hydrogens (tertiary/aromatic N) is 1. The monoisotopic (exact) mass is 365 g/mol. The van der Waals surface area contributed by atoms with E-state index in [4.69, 9.17) is 4.74 Å². The van der Waals surface area contributed by atoms with Crippen molar-refractivity contribution in [3.05, 3.63) is 83.9 Å².